The van der Waals surface area contributed by atoms with E-state index >= 15 is 0 Å². The van der Waals surface area contributed by atoms with Gasteiger partial charge in [0.25, 0.3) is 0 Å². The predicted molar refractivity (Wildman–Crippen MR) is 193 cm³/mol. The number of fused-ring (bicyclic) bond motifs is 8. The first-order valence-corrected chi connectivity index (χ1v) is 18.5. The fraction of sp³-hybridized carbons (Fsp3) is 0.436. The molecule has 0 radical (unpaired) electrons. The summed E-state index contributed by atoms with van der Waals surface area (Å²) in [5, 5.41) is 6.25. The fourth-order valence-corrected chi connectivity index (χ4v) is 8.98. The van der Waals surface area contributed by atoms with Gasteiger partial charge < -0.3 is 24.8 Å². The highest BCUT2D eigenvalue weighted by molar-refractivity contribution is 7.79. The van der Waals surface area contributed by atoms with Crippen molar-refractivity contribution in [3.63, 3.8) is 0 Å². The normalized spacial score (nSPS) is 15.3. The third kappa shape index (κ3) is 4.81. The Morgan fingerprint density at radius 3 is 1.63 bits per heavy atom. The number of benzene rings is 1. The van der Waals surface area contributed by atoms with E-state index < -0.39 is 11.1 Å². The molecule has 6 nitrogen and oxygen atoms in total. The smallest absolute Gasteiger partial charge is 0.186 e. The van der Waals surface area contributed by atoms with Gasteiger partial charge in [-0.05, 0) is 121 Å². The van der Waals surface area contributed by atoms with Crippen molar-refractivity contribution < 1.29 is 8.76 Å². The number of aromatic nitrogens is 3. The highest BCUT2D eigenvalue weighted by Gasteiger charge is 2.43. The second kappa shape index (κ2) is 12.6. The standard InChI is InChI=1S/C39H50N4O2S/c1-9-23-24(10-2)33-20-34-27(13-5)28(14-6)37(42-34)29-17-22(46(44)45)18-30-38(29)43-36(39(30,15-7)16-8)21-35-26(12-4)25(11-3)32(41-35)19-31(23)40-33/h17-21,40-43H,9-16H2,1-8H3,(H,44,45). The second-order valence-electron chi connectivity index (χ2n) is 12.7. The minimum absolute atomic E-state index is 0.319. The molecule has 3 aromatic heterocycles. The molecule has 46 heavy (non-hydrogen) atoms. The molecule has 0 fully saturated rings. The predicted octanol–water partition coefficient (Wildman–Crippen LogP) is 7.79. The van der Waals surface area contributed by atoms with Crippen LogP contribution in [0.5, 0.6) is 0 Å². The summed E-state index contributed by atoms with van der Waals surface area (Å²) < 4.78 is 23.3. The Bertz CT molecular complexity index is 2000. The van der Waals surface area contributed by atoms with Gasteiger partial charge in [-0.3, -0.25) is 0 Å². The number of H-pyrrole nitrogens is 3. The summed E-state index contributed by atoms with van der Waals surface area (Å²) in [6.07, 6.45) is 14.2. The monoisotopic (exact) mass is 638 g/mol. The largest absolute Gasteiger partial charge is 0.357 e. The van der Waals surface area contributed by atoms with Crippen molar-refractivity contribution in [1.82, 2.24) is 15.0 Å². The first-order chi connectivity index (χ1) is 22.2. The quantitative estimate of drug-likeness (QED) is 0.121. The van der Waals surface area contributed by atoms with Gasteiger partial charge in [0.1, 0.15) is 0 Å². The summed E-state index contributed by atoms with van der Waals surface area (Å²) in [6, 6.07) is 3.89. The Hall–Kier alpha value is -3.55. The van der Waals surface area contributed by atoms with Gasteiger partial charge in [-0.2, -0.15) is 0 Å². The second-order valence-corrected chi connectivity index (χ2v) is 13.7. The van der Waals surface area contributed by atoms with Crippen molar-refractivity contribution in [3.05, 3.63) is 84.6 Å². The molecular weight excluding hydrogens is 589 g/mol. The van der Waals surface area contributed by atoms with Crippen molar-refractivity contribution in [2.24, 2.45) is 0 Å². The summed E-state index contributed by atoms with van der Waals surface area (Å²) in [5.74, 6) is 0. The van der Waals surface area contributed by atoms with Crippen LogP contribution in [0.2, 0.25) is 0 Å². The zero-order chi connectivity index (χ0) is 32.9. The Morgan fingerprint density at radius 1 is 0.630 bits per heavy atom. The lowest BCUT2D eigenvalue weighted by Gasteiger charge is -2.29. The van der Waals surface area contributed by atoms with E-state index in [0.29, 0.717) is 4.90 Å². The minimum Gasteiger partial charge on any atom is -0.357 e. The maximum Gasteiger partial charge on any atom is 0.186 e. The number of rotatable bonds is 9. The Balaban J connectivity index is 1.84. The maximum atomic E-state index is 12.8. The lowest BCUT2D eigenvalue weighted by atomic mass is 9.74. The lowest BCUT2D eigenvalue weighted by molar-refractivity contribution is 0.487. The molecule has 1 aromatic carbocycles. The van der Waals surface area contributed by atoms with Crippen molar-refractivity contribution in [1.29, 1.82) is 0 Å². The number of anilines is 1. The molecule has 2 aliphatic heterocycles. The number of aromatic amines is 3. The van der Waals surface area contributed by atoms with Crippen LogP contribution in [0.1, 0.15) is 124 Å². The Morgan fingerprint density at radius 2 is 1.13 bits per heavy atom. The van der Waals surface area contributed by atoms with E-state index in [0.717, 1.165) is 96.3 Å². The van der Waals surface area contributed by atoms with Crippen LogP contribution in [0.4, 0.5) is 5.69 Å². The van der Waals surface area contributed by atoms with Crippen LogP contribution in [0.3, 0.4) is 0 Å². The molecule has 0 spiro atoms. The van der Waals surface area contributed by atoms with Gasteiger partial charge in [-0.15, -0.1) is 0 Å². The highest BCUT2D eigenvalue weighted by Crippen LogP contribution is 2.53. The van der Waals surface area contributed by atoms with E-state index in [1.807, 2.05) is 12.1 Å². The lowest BCUT2D eigenvalue weighted by Crippen LogP contribution is -2.24. The van der Waals surface area contributed by atoms with Gasteiger partial charge >= 0.3 is 0 Å². The summed E-state index contributed by atoms with van der Waals surface area (Å²) in [5.41, 5.74) is 16.4. The molecule has 4 aromatic rings. The number of hydrogen-bond donors (Lipinski definition) is 5. The van der Waals surface area contributed by atoms with E-state index in [1.165, 1.54) is 44.4 Å². The van der Waals surface area contributed by atoms with Crippen LogP contribution in [-0.2, 0) is 55.0 Å². The van der Waals surface area contributed by atoms with E-state index in [9.17, 15) is 8.76 Å². The molecular formula is C39H50N4O2S. The molecule has 0 saturated carbocycles. The van der Waals surface area contributed by atoms with E-state index in [2.05, 4.69) is 93.9 Å². The minimum atomic E-state index is -2.12. The summed E-state index contributed by atoms with van der Waals surface area (Å²) in [7, 11) is 0. The van der Waals surface area contributed by atoms with Crippen molar-refractivity contribution in [2.75, 3.05) is 5.32 Å². The van der Waals surface area contributed by atoms with E-state index in [4.69, 9.17) is 0 Å². The van der Waals surface area contributed by atoms with Gasteiger partial charge in [0.15, 0.2) is 11.1 Å². The average Bonchev–Trinajstić information content (AvgIpc) is 3.78. The van der Waals surface area contributed by atoms with Crippen LogP contribution in [0.25, 0.3) is 29.5 Å². The number of hydrogen-bond acceptors (Lipinski definition) is 2. The highest BCUT2D eigenvalue weighted by atomic mass is 32.2. The fourth-order valence-electron chi connectivity index (χ4n) is 8.54. The molecule has 1 unspecified atom stereocenters. The summed E-state index contributed by atoms with van der Waals surface area (Å²) in [4.78, 5) is 12.0. The molecule has 0 aliphatic carbocycles. The molecule has 6 rings (SSSR count). The van der Waals surface area contributed by atoms with Gasteiger partial charge in [-0.25, -0.2) is 4.21 Å². The molecule has 244 valence electrons. The summed E-state index contributed by atoms with van der Waals surface area (Å²) >= 11 is -2.12. The zero-order valence-electron chi connectivity index (χ0n) is 28.8. The van der Waals surface area contributed by atoms with Crippen LogP contribution >= 0.6 is 0 Å². The SMILES string of the molecule is CCc1c2[nH]c(c1CC)C=c1[nH]c(c(CC)c1CC)=Cc1[nH]c(c(CC)c1CC)-c1cc(S(=O)O)cc3c1NC(=C2)C3(CC)CC. The van der Waals surface area contributed by atoms with Crippen molar-refractivity contribution in [2.45, 2.75) is 117 Å². The number of nitrogens with one attached hydrogen (secondary N) is 4. The molecule has 5 N–H and O–H groups in total. The molecule has 1 atom stereocenters. The molecule has 0 amide bonds. The first kappa shape index (κ1) is 32.4. The molecule has 5 heterocycles. The van der Waals surface area contributed by atoms with Gasteiger partial charge in [0.2, 0.25) is 0 Å². The van der Waals surface area contributed by atoms with E-state index in [-0.39, 0.29) is 5.41 Å². The van der Waals surface area contributed by atoms with Crippen LogP contribution in [0, 0.1) is 0 Å². The molecule has 8 bridgehead atoms. The number of allylic oxidation sites excluding steroid dienone is 1. The third-order valence-corrected chi connectivity index (χ3v) is 11.5. The van der Waals surface area contributed by atoms with Gasteiger partial charge in [0, 0.05) is 44.5 Å². The van der Waals surface area contributed by atoms with Crippen LogP contribution in [0.15, 0.2) is 22.7 Å². The Labute approximate surface area is 276 Å². The van der Waals surface area contributed by atoms with Crippen LogP contribution < -0.4 is 16.0 Å². The van der Waals surface area contributed by atoms with Gasteiger partial charge in [-0.1, -0.05) is 55.4 Å². The third-order valence-electron chi connectivity index (χ3n) is 10.9. The van der Waals surface area contributed by atoms with Gasteiger partial charge in [0.05, 0.1) is 16.3 Å². The molecule has 2 aliphatic rings. The zero-order valence-corrected chi connectivity index (χ0v) is 29.6. The Kier molecular flexibility index (Phi) is 8.85. The van der Waals surface area contributed by atoms with Crippen molar-refractivity contribution in [3.8, 4) is 11.3 Å². The average molecular weight is 639 g/mol. The van der Waals surface area contributed by atoms with Crippen LogP contribution in [-0.4, -0.2) is 23.7 Å². The maximum absolute atomic E-state index is 12.8. The molecule has 7 heteroatoms. The topological polar surface area (TPSA) is 96.7 Å². The first-order valence-electron chi connectivity index (χ1n) is 17.4. The van der Waals surface area contributed by atoms with Crippen molar-refractivity contribution >= 4 is 35.0 Å². The molecule has 0 saturated heterocycles. The van der Waals surface area contributed by atoms with E-state index in [1.54, 1.807) is 0 Å². The summed E-state index contributed by atoms with van der Waals surface area (Å²) in [6.45, 7) is 17.9.